The lowest BCUT2D eigenvalue weighted by molar-refractivity contribution is 0.0771. The number of carbonyl (C=O) groups excluding carboxylic acids is 1. The molecule has 0 radical (unpaired) electrons. The minimum Gasteiger partial charge on any atom is -0.337 e. The van der Waals surface area contributed by atoms with Crippen LogP contribution in [0.4, 0.5) is 0 Å². The van der Waals surface area contributed by atoms with E-state index in [0.29, 0.717) is 5.92 Å². The van der Waals surface area contributed by atoms with Gasteiger partial charge >= 0.3 is 0 Å². The molecular formula is C16H25NOS2. The van der Waals surface area contributed by atoms with Crippen LogP contribution in [0.15, 0.2) is 6.07 Å². The molecule has 1 aromatic heterocycles. The fourth-order valence-corrected chi connectivity index (χ4v) is 4.42. The van der Waals surface area contributed by atoms with Gasteiger partial charge in [0.25, 0.3) is 5.91 Å². The molecule has 1 amide bonds. The van der Waals surface area contributed by atoms with E-state index < -0.39 is 0 Å². The smallest absolute Gasteiger partial charge is 0.255 e. The summed E-state index contributed by atoms with van der Waals surface area (Å²) in [7, 11) is 0. The first-order valence-electron chi connectivity index (χ1n) is 7.32. The molecule has 1 fully saturated rings. The van der Waals surface area contributed by atoms with Gasteiger partial charge in [-0.05, 0) is 17.4 Å². The van der Waals surface area contributed by atoms with Gasteiger partial charge in [-0.3, -0.25) is 4.79 Å². The van der Waals surface area contributed by atoms with Gasteiger partial charge in [0.15, 0.2) is 0 Å². The molecule has 1 aromatic rings. The number of thiophene rings is 1. The molecule has 1 aliphatic heterocycles. The average Bonchev–Trinajstić information content (AvgIpc) is 2.84. The van der Waals surface area contributed by atoms with E-state index in [1.165, 1.54) is 9.75 Å². The molecule has 20 heavy (non-hydrogen) atoms. The van der Waals surface area contributed by atoms with Crippen molar-refractivity contribution >= 4 is 29.0 Å². The maximum Gasteiger partial charge on any atom is 0.255 e. The van der Waals surface area contributed by atoms with Crippen LogP contribution < -0.4 is 0 Å². The maximum atomic E-state index is 12.8. The Kier molecular flexibility index (Phi) is 4.85. The minimum atomic E-state index is 0.116. The molecule has 4 heteroatoms. The molecule has 0 unspecified atom stereocenters. The first-order valence-corrected chi connectivity index (χ1v) is 9.29. The molecule has 0 N–H and O–H groups in total. The Morgan fingerprint density at radius 3 is 2.35 bits per heavy atom. The van der Waals surface area contributed by atoms with Gasteiger partial charge in [0.05, 0.1) is 5.56 Å². The first-order chi connectivity index (χ1) is 9.30. The second kappa shape index (κ2) is 6.10. The van der Waals surface area contributed by atoms with E-state index in [1.807, 2.05) is 28.0 Å². The normalized spacial score (nSPS) is 16.8. The highest BCUT2D eigenvalue weighted by Gasteiger charge is 2.27. The summed E-state index contributed by atoms with van der Waals surface area (Å²) in [5.74, 6) is 2.79. The Balaban J connectivity index is 2.33. The SMILES string of the molecule is CC(C)c1sc(C(C)(C)C)cc1C(=O)N1CCSCC1. The van der Waals surface area contributed by atoms with Crippen LogP contribution in [0.2, 0.25) is 0 Å². The molecule has 0 bridgehead atoms. The van der Waals surface area contributed by atoms with Crippen molar-refractivity contribution in [2.75, 3.05) is 24.6 Å². The Bertz CT molecular complexity index is 479. The summed E-state index contributed by atoms with van der Waals surface area (Å²) in [4.78, 5) is 17.4. The van der Waals surface area contributed by atoms with Gasteiger partial charge in [-0.25, -0.2) is 0 Å². The number of thioether (sulfide) groups is 1. The van der Waals surface area contributed by atoms with E-state index in [-0.39, 0.29) is 11.3 Å². The van der Waals surface area contributed by atoms with Gasteiger partial charge in [-0.1, -0.05) is 34.6 Å². The summed E-state index contributed by atoms with van der Waals surface area (Å²) >= 11 is 3.75. The van der Waals surface area contributed by atoms with Crippen molar-refractivity contribution in [1.29, 1.82) is 0 Å². The lowest BCUT2D eigenvalue weighted by atomic mass is 9.93. The van der Waals surface area contributed by atoms with Gasteiger partial charge in [0.2, 0.25) is 0 Å². The third-order valence-electron chi connectivity index (χ3n) is 3.55. The molecule has 2 rings (SSSR count). The van der Waals surface area contributed by atoms with Crippen LogP contribution in [0, 0.1) is 0 Å². The Morgan fingerprint density at radius 1 is 1.25 bits per heavy atom. The van der Waals surface area contributed by atoms with Crippen molar-refractivity contribution in [2.24, 2.45) is 0 Å². The Hall–Kier alpha value is -0.480. The van der Waals surface area contributed by atoms with Gasteiger partial charge < -0.3 is 4.90 Å². The summed E-state index contributed by atoms with van der Waals surface area (Å²) in [5.41, 5.74) is 1.06. The summed E-state index contributed by atoms with van der Waals surface area (Å²) in [5, 5.41) is 0. The predicted molar refractivity (Wildman–Crippen MR) is 90.3 cm³/mol. The molecule has 0 aliphatic carbocycles. The van der Waals surface area contributed by atoms with E-state index in [2.05, 4.69) is 40.7 Å². The highest BCUT2D eigenvalue weighted by molar-refractivity contribution is 7.99. The number of carbonyl (C=O) groups is 1. The number of amides is 1. The quantitative estimate of drug-likeness (QED) is 0.809. The molecule has 112 valence electrons. The number of hydrogen-bond acceptors (Lipinski definition) is 3. The summed E-state index contributed by atoms with van der Waals surface area (Å²) < 4.78 is 0. The predicted octanol–water partition coefficient (Wildman–Crippen LogP) is 4.36. The molecule has 0 atom stereocenters. The van der Waals surface area contributed by atoms with Crippen LogP contribution in [0.1, 0.15) is 60.6 Å². The monoisotopic (exact) mass is 311 g/mol. The Labute approximate surface area is 130 Å². The van der Waals surface area contributed by atoms with Crippen molar-refractivity contribution in [3.05, 3.63) is 21.4 Å². The van der Waals surface area contributed by atoms with Crippen molar-refractivity contribution in [3.8, 4) is 0 Å². The second-order valence-electron chi connectivity index (χ2n) is 6.70. The van der Waals surface area contributed by atoms with Crippen molar-refractivity contribution < 1.29 is 4.79 Å². The molecule has 0 saturated carbocycles. The standard InChI is InChI=1S/C16H25NOS2/c1-11(2)14-12(10-13(20-14)16(3,4)5)15(18)17-6-8-19-9-7-17/h10-11H,6-9H2,1-5H3. The van der Waals surface area contributed by atoms with Gasteiger partial charge in [-0.2, -0.15) is 11.8 Å². The average molecular weight is 312 g/mol. The fourth-order valence-electron chi connectivity index (χ4n) is 2.31. The maximum absolute atomic E-state index is 12.8. The highest BCUT2D eigenvalue weighted by atomic mass is 32.2. The van der Waals surface area contributed by atoms with Crippen molar-refractivity contribution in [2.45, 2.75) is 46.0 Å². The van der Waals surface area contributed by atoms with Crippen LogP contribution in [-0.4, -0.2) is 35.4 Å². The van der Waals surface area contributed by atoms with Crippen LogP contribution in [0.5, 0.6) is 0 Å². The van der Waals surface area contributed by atoms with Gasteiger partial charge in [0.1, 0.15) is 0 Å². The van der Waals surface area contributed by atoms with E-state index >= 15 is 0 Å². The summed E-state index contributed by atoms with van der Waals surface area (Å²) in [6, 6.07) is 2.14. The number of nitrogens with zero attached hydrogens (tertiary/aromatic N) is 1. The Morgan fingerprint density at radius 2 is 1.85 bits per heavy atom. The van der Waals surface area contributed by atoms with Crippen LogP contribution >= 0.6 is 23.1 Å². The van der Waals surface area contributed by atoms with Crippen LogP contribution in [-0.2, 0) is 5.41 Å². The zero-order valence-electron chi connectivity index (χ0n) is 13.2. The van der Waals surface area contributed by atoms with E-state index in [0.717, 1.165) is 30.2 Å². The largest absolute Gasteiger partial charge is 0.337 e. The topological polar surface area (TPSA) is 20.3 Å². The molecule has 1 saturated heterocycles. The van der Waals surface area contributed by atoms with Crippen LogP contribution in [0.25, 0.3) is 0 Å². The third kappa shape index (κ3) is 3.40. The molecular weight excluding hydrogens is 286 g/mol. The van der Waals surface area contributed by atoms with Crippen molar-refractivity contribution in [3.63, 3.8) is 0 Å². The molecule has 0 spiro atoms. The van der Waals surface area contributed by atoms with E-state index in [9.17, 15) is 4.79 Å². The fraction of sp³-hybridized carbons (Fsp3) is 0.688. The molecule has 2 nitrogen and oxygen atoms in total. The van der Waals surface area contributed by atoms with Crippen LogP contribution in [0.3, 0.4) is 0 Å². The highest BCUT2D eigenvalue weighted by Crippen LogP contribution is 2.37. The zero-order valence-corrected chi connectivity index (χ0v) is 14.8. The van der Waals surface area contributed by atoms with Gasteiger partial charge in [0, 0.05) is 34.3 Å². The second-order valence-corrected chi connectivity index (χ2v) is 9.01. The first kappa shape index (κ1) is 15.9. The number of rotatable bonds is 2. The minimum absolute atomic E-state index is 0.116. The third-order valence-corrected chi connectivity index (χ3v) is 6.36. The summed E-state index contributed by atoms with van der Waals surface area (Å²) in [6.45, 7) is 12.8. The lowest BCUT2D eigenvalue weighted by Crippen LogP contribution is -2.38. The number of hydrogen-bond donors (Lipinski definition) is 0. The van der Waals surface area contributed by atoms with Crippen molar-refractivity contribution in [1.82, 2.24) is 4.90 Å². The lowest BCUT2D eigenvalue weighted by Gasteiger charge is -2.26. The molecule has 2 heterocycles. The molecule has 1 aliphatic rings. The molecule has 0 aromatic carbocycles. The van der Waals surface area contributed by atoms with Gasteiger partial charge in [-0.15, -0.1) is 11.3 Å². The van der Waals surface area contributed by atoms with E-state index in [4.69, 9.17) is 0 Å². The van der Waals surface area contributed by atoms with E-state index in [1.54, 1.807) is 0 Å². The zero-order chi connectivity index (χ0) is 14.9. The summed E-state index contributed by atoms with van der Waals surface area (Å²) in [6.07, 6.45) is 0.